The maximum atomic E-state index is 13.4. The highest BCUT2D eigenvalue weighted by molar-refractivity contribution is 7.99. The number of anilines is 1. The third-order valence-corrected chi connectivity index (χ3v) is 6.22. The summed E-state index contributed by atoms with van der Waals surface area (Å²) in [4.78, 5) is 19.5. The average molecular weight is 458 g/mol. The van der Waals surface area contributed by atoms with E-state index in [0.717, 1.165) is 28.1 Å². The summed E-state index contributed by atoms with van der Waals surface area (Å²) < 4.78 is 1.98. The second kappa shape index (κ2) is 10.0. The number of rotatable bonds is 7. The van der Waals surface area contributed by atoms with E-state index in [1.807, 2.05) is 79.6 Å². The fraction of sp³-hybridized carbons (Fsp3) is 0.231. The van der Waals surface area contributed by atoms with E-state index in [2.05, 4.69) is 33.4 Å². The normalized spacial score (nSPS) is 11.1. The summed E-state index contributed by atoms with van der Waals surface area (Å²) in [5.74, 6) is 0.984. The van der Waals surface area contributed by atoms with Crippen molar-refractivity contribution in [3.05, 3.63) is 84.2 Å². The fourth-order valence-corrected chi connectivity index (χ4v) is 4.54. The molecule has 4 aromatic rings. The Balaban J connectivity index is 1.65. The van der Waals surface area contributed by atoms with Crippen molar-refractivity contribution in [2.24, 2.45) is 0 Å². The van der Waals surface area contributed by atoms with Crippen LogP contribution in [0.1, 0.15) is 25.0 Å². The summed E-state index contributed by atoms with van der Waals surface area (Å²) in [5, 5.41) is 9.52. The van der Waals surface area contributed by atoms with Crippen LogP contribution in [0.2, 0.25) is 0 Å². The van der Waals surface area contributed by atoms with Gasteiger partial charge in [0.2, 0.25) is 5.91 Å². The van der Waals surface area contributed by atoms with E-state index in [4.69, 9.17) is 0 Å². The van der Waals surface area contributed by atoms with Crippen LogP contribution in [0.3, 0.4) is 0 Å². The Kier molecular flexibility index (Phi) is 6.89. The quantitative estimate of drug-likeness (QED) is 0.344. The molecule has 33 heavy (non-hydrogen) atoms. The Morgan fingerprint density at radius 3 is 2.52 bits per heavy atom. The van der Waals surface area contributed by atoms with Gasteiger partial charge in [0, 0.05) is 35.4 Å². The number of pyridine rings is 1. The molecule has 7 heteroatoms. The minimum atomic E-state index is 0.0363. The van der Waals surface area contributed by atoms with Gasteiger partial charge in [-0.2, -0.15) is 0 Å². The third kappa shape index (κ3) is 4.98. The summed E-state index contributed by atoms with van der Waals surface area (Å²) in [7, 11) is 0. The highest BCUT2D eigenvalue weighted by Crippen LogP contribution is 2.29. The van der Waals surface area contributed by atoms with Crippen molar-refractivity contribution >= 4 is 23.4 Å². The van der Waals surface area contributed by atoms with E-state index in [-0.39, 0.29) is 17.7 Å². The predicted molar refractivity (Wildman–Crippen MR) is 134 cm³/mol. The van der Waals surface area contributed by atoms with Gasteiger partial charge in [-0.05, 0) is 69.2 Å². The van der Waals surface area contributed by atoms with Crippen molar-refractivity contribution in [2.75, 3.05) is 10.7 Å². The summed E-state index contributed by atoms with van der Waals surface area (Å²) in [6.07, 6.45) is 3.50. The Morgan fingerprint density at radius 1 is 1.03 bits per heavy atom. The van der Waals surface area contributed by atoms with Gasteiger partial charge < -0.3 is 4.90 Å². The molecule has 0 aliphatic rings. The van der Waals surface area contributed by atoms with Gasteiger partial charge in [0.05, 0.1) is 5.75 Å². The Bertz CT molecular complexity index is 1240. The SMILES string of the molecule is Cc1ccc(C)c(N(C(=O)CSc2nnc(-c3cccnc3)n2-c2ccccc2)C(C)C)c1. The Hall–Kier alpha value is -3.45. The van der Waals surface area contributed by atoms with E-state index in [0.29, 0.717) is 11.0 Å². The standard InChI is InChI=1S/C26H27N5OS/c1-18(2)30(23-15-19(3)12-13-20(23)4)24(32)17-33-26-29-28-25(21-9-8-14-27-16-21)31(26)22-10-6-5-7-11-22/h5-16,18H,17H2,1-4H3. The zero-order valence-corrected chi connectivity index (χ0v) is 20.1. The van der Waals surface area contributed by atoms with Crippen LogP contribution in [-0.2, 0) is 4.79 Å². The molecule has 1 amide bonds. The molecule has 0 saturated carbocycles. The number of para-hydroxylation sites is 1. The first-order valence-electron chi connectivity index (χ1n) is 10.9. The van der Waals surface area contributed by atoms with Crippen LogP contribution in [0.5, 0.6) is 0 Å². The molecule has 0 aliphatic carbocycles. The van der Waals surface area contributed by atoms with Crippen molar-refractivity contribution in [3.8, 4) is 17.1 Å². The van der Waals surface area contributed by atoms with Crippen LogP contribution in [0.15, 0.2) is 78.2 Å². The first-order chi connectivity index (χ1) is 16.0. The maximum absolute atomic E-state index is 13.4. The van der Waals surface area contributed by atoms with Crippen LogP contribution in [0.25, 0.3) is 17.1 Å². The first kappa shape index (κ1) is 22.7. The molecule has 2 aromatic heterocycles. The molecule has 0 fully saturated rings. The van der Waals surface area contributed by atoms with Crippen molar-refractivity contribution in [3.63, 3.8) is 0 Å². The number of carbonyl (C=O) groups is 1. The number of benzene rings is 2. The van der Waals surface area contributed by atoms with Gasteiger partial charge in [0.15, 0.2) is 11.0 Å². The molecule has 6 nitrogen and oxygen atoms in total. The monoisotopic (exact) mass is 457 g/mol. The molecule has 0 bridgehead atoms. The van der Waals surface area contributed by atoms with E-state index in [1.165, 1.54) is 11.8 Å². The molecule has 4 rings (SSSR count). The molecule has 0 spiro atoms. The van der Waals surface area contributed by atoms with E-state index < -0.39 is 0 Å². The van der Waals surface area contributed by atoms with Gasteiger partial charge in [0.1, 0.15) is 0 Å². The van der Waals surface area contributed by atoms with Crippen LogP contribution in [0, 0.1) is 13.8 Å². The number of hydrogen-bond acceptors (Lipinski definition) is 5. The number of amides is 1. The van der Waals surface area contributed by atoms with Gasteiger partial charge in [-0.3, -0.25) is 14.3 Å². The summed E-state index contributed by atoms with van der Waals surface area (Å²) in [6.45, 7) is 8.16. The molecular formula is C26H27N5OS. The molecule has 0 atom stereocenters. The number of thioether (sulfide) groups is 1. The lowest BCUT2D eigenvalue weighted by Crippen LogP contribution is -2.38. The summed E-state index contributed by atoms with van der Waals surface area (Å²) >= 11 is 1.39. The van der Waals surface area contributed by atoms with Crippen molar-refractivity contribution < 1.29 is 4.79 Å². The van der Waals surface area contributed by atoms with E-state index in [9.17, 15) is 4.79 Å². The van der Waals surface area contributed by atoms with Gasteiger partial charge in [0.25, 0.3) is 0 Å². The molecule has 0 aliphatic heterocycles. The minimum Gasteiger partial charge on any atom is -0.309 e. The number of hydrogen-bond donors (Lipinski definition) is 0. The number of carbonyl (C=O) groups excluding carboxylic acids is 1. The number of nitrogens with zero attached hydrogens (tertiary/aromatic N) is 5. The first-order valence-corrected chi connectivity index (χ1v) is 11.9. The predicted octanol–water partition coefficient (Wildman–Crippen LogP) is 5.48. The van der Waals surface area contributed by atoms with Crippen molar-refractivity contribution in [1.29, 1.82) is 0 Å². The minimum absolute atomic E-state index is 0.0363. The van der Waals surface area contributed by atoms with Crippen LogP contribution in [-0.4, -0.2) is 37.5 Å². The van der Waals surface area contributed by atoms with Crippen molar-refractivity contribution in [2.45, 2.75) is 38.9 Å². The van der Waals surface area contributed by atoms with Gasteiger partial charge >= 0.3 is 0 Å². The molecule has 168 valence electrons. The number of aromatic nitrogens is 4. The summed E-state index contributed by atoms with van der Waals surface area (Å²) in [6, 6.07) is 20.0. The van der Waals surface area contributed by atoms with Gasteiger partial charge in [-0.1, -0.05) is 42.1 Å². The average Bonchev–Trinajstić information content (AvgIpc) is 3.25. The third-order valence-electron chi connectivity index (χ3n) is 5.30. The fourth-order valence-electron chi connectivity index (χ4n) is 3.73. The molecule has 0 saturated heterocycles. The highest BCUT2D eigenvalue weighted by atomic mass is 32.2. The largest absolute Gasteiger partial charge is 0.309 e. The zero-order chi connectivity index (χ0) is 23.4. The molecule has 2 aromatic carbocycles. The van der Waals surface area contributed by atoms with E-state index >= 15 is 0 Å². The van der Waals surface area contributed by atoms with Crippen LogP contribution < -0.4 is 4.90 Å². The number of aryl methyl sites for hydroxylation is 2. The van der Waals surface area contributed by atoms with Gasteiger partial charge in [-0.15, -0.1) is 10.2 Å². The zero-order valence-electron chi connectivity index (χ0n) is 19.3. The maximum Gasteiger partial charge on any atom is 0.237 e. The smallest absolute Gasteiger partial charge is 0.237 e. The molecular weight excluding hydrogens is 430 g/mol. The molecule has 2 heterocycles. The topological polar surface area (TPSA) is 63.9 Å². The van der Waals surface area contributed by atoms with Gasteiger partial charge in [-0.25, -0.2) is 0 Å². The Morgan fingerprint density at radius 2 is 1.82 bits per heavy atom. The van der Waals surface area contributed by atoms with Crippen LogP contribution in [0.4, 0.5) is 5.69 Å². The highest BCUT2D eigenvalue weighted by Gasteiger charge is 2.23. The van der Waals surface area contributed by atoms with E-state index in [1.54, 1.807) is 12.4 Å². The molecule has 0 radical (unpaired) electrons. The second-order valence-corrected chi connectivity index (χ2v) is 9.10. The molecule has 0 unspecified atom stereocenters. The lowest BCUT2D eigenvalue weighted by molar-refractivity contribution is -0.116. The lowest BCUT2D eigenvalue weighted by atomic mass is 10.1. The summed E-state index contributed by atoms with van der Waals surface area (Å²) in [5.41, 5.74) is 4.97. The van der Waals surface area contributed by atoms with Crippen molar-refractivity contribution in [1.82, 2.24) is 19.7 Å². The van der Waals surface area contributed by atoms with Crippen LogP contribution >= 0.6 is 11.8 Å². The lowest BCUT2D eigenvalue weighted by Gasteiger charge is -2.28. The second-order valence-electron chi connectivity index (χ2n) is 8.15. The molecule has 0 N–H and O–H groups in total. The Labute approximate surface area is 198 Å².